The second-order valence-corrected chi connectivity index (χ2v) is 8.23. The van der Waals surface area contributed by atoms with Crippen molar-refractivity contribution >= 4 is 27.5 Å². The molecule has 0 aliphatic heterocycles. The van der Waals surface area contributed by atoms with Gasteiger partial charge in [-0.3, -0.25) is 9.59 Å². The number of anilines is 1. The van der Waals surface area contributed by atoms with Gasteiger partial charge in [-0.15, -0.1) is 0 Å². The first-order valence-electron chi connectivity index (χ1n) is 9.09. The number of aryl methyl sites for hydroxylation is 1. The number of rotatable bonds is 7. The van der Waals surface area contributed by atoms with Gasteiger partial charge >= 0.3 is 0 Å². The van der Waals surface area contributed by atoms with Crippen molar-refractivity contribution in [1.82, 2.24) is 9.62 Å². The van der Waals surface area contributed by atoms with Crippen LogP contribution in [0.25, 0.3) is 0 Å². The average molecular weight is 421 g/mol. The van der Waals surface area contributed by atoms with Gasteiger partial charge in [0.05, 0.1) is 10.5 Å². The van der Waals surface area contributed by atoms with Gasteiger partial charge in [0.2, 0.25) is 10.0 Å². The molecule has 9 heteroatoms. The number of carbonyl (C=O) groups excluding carboxylic acids is 2. The number of amides is 2. The number of sulfonamides is 1. The summed E-state index contributed by atoms with van der Waals surface area (Å²) in [4.78, 5) is 24.2. The fraction of sp³-hybridized carbons (Fsp3) is 0.300. The van der Waals surface area contributed by atoms with Crippen LogP contribution in [0.1, 0.15) is 40.1 Å². The van der Waals surface area contributed by atoms with E-state index in [1.807, 2.05) is 0 Å². The van der Waals surface area contributed by atoms with Crippen molar-refractivity contribution in [2.45, 2.75) is 25.7 Å². The lowest BCUT2D eigenvalue weighted by Crippen LogP contribution is -2.31. The second kappa shape index (κ2) is 9.15. The fourth-order valence-electron chi connectivity index (χ4n) is 2.83. The third kappa shape index (κ3) is 4.80. The molecule has 0 bridgehead atoms. The van der Waals surface area contributed by atoms with Crippen LogP contribution in [0.15, 0.2) is 41.3 Å². The monoisotopic (exact) mass is 421 g/mol. The Hall–Kier alpha value is -2.78. The number of hydrogen-bond donors (Lipinski definition) is 2. The van der Waals surface area contributed by atoms with E-state index >= 15 is 0 Å². The van der Waals surface area contributed by atoms with Crippen LogP contribution < -0.4 is 10.6 Å². The Balaban J connectivity index is 2.36. The largest absolute Gasteiger partial charge is 0.355 e. The minimum Gasteiger partial charge on any atom is -0.355 e. The predicted molar refractivity (Wildman–Crippen MR) is 109 cm³/mol. The van der Waals surface area contributed by atoms with Gasteiger partial charge in [0, 0.05) is 31.4 Å². The van der Waals surface area contributed by atoms with E-state index in [-0.39, 0.29) is 29.5 Å². The van der Waals surface area contributed by atoms with Gasteiger partial charge < -0.3 is 10.6 Å². The van der Waals surface area contributed by atoms with Crippen LogP contribution >= 0.6 is 0 Å². The van der Waals surface area contributed by atoms with E-state index in [1.54, 1.807) is 26.8 Å². The highest BCUT2D eigenvalue weighted by molar-refractivity contribution is 7.89. The van der Waals surface area contributed by atoms with Crippen molar-refractivity contribution in [1.29, 1.82) is 0 Å². The maximum Gasteiger partial charge on any atom is 0.258 e. The molecule has 0 radical (unpaired) electrons. The summed E-state index contributed by atoms with van der Waals surface area (Å²) in [5.74, 6) is -1.89. The smallest absolute Gasteiger partial charge is 0.258 e. The SMILES string of the molecule is CCN(CC)S(=O)(=O)c1ccc(F)c(C(=O)Nc2ccc(C(=O)NC)cc2C)c1. The summed E-state index contributed by atoms with van der Waals surface area (Å²) in [7, 11) is -2.32. The lowest BCUT2D eigenvalue weighted by molar-refractivity contribution is 0.0962. The highest BCUT2D eigenvalue weighted by Gasteiger charge is 2.24. The van der Waals surface area contributed by atoms with Gasteiger partial charge in [-0.2, -0.15) is 4.31 Å². The van der Waals surface area contributed by atoms with E-state index in [0.717, 1.165) is 18.2 Å². The number of nitrogens with zero attached hydrogens (tertiary/aromatic N) is 1. The molecular weight excluding hydrogens is 397 g/mol. The number of carbonyl (C=O) groups is 2. The Kier molecular flexibility index (Phi) is 7.10. The van der Waals surface area contributed by atoms with E-state index in [0.29, 0.717) is 16.8 Å². The van der Waals surface area contributed by atoms with Crippen molar-refractivity contribution < 1.29 is 22.4 Å². The zero-order valence-corrected chi connectivity index (χ0v) is 17.6. The normalized spacial score (nSPS) is 11.4. The van der Waals surface area contributed by atoms with Gasteiger partial charge in [0.25, 0.3) is 11.8 Å². The third-order valence-corrected chi connectivity index (χ3v) is 6.54. The molecule has 2 rings (SSSR count). The lowest BCUT2D eigenvalue weighted by atomic mass is 10.1. The fourth-order valence-corrected chi connectivity index (χ4v) is 4.32. The highest BCUT2D eigenvalue weighted by atomic mass is 32.2. The van der Waals surface area contributed by atoms with Gasteiger partial charge in [-0.05, 0) is 48.9 Å². The second-order valence-electron chi connectivity index (χ2n) is 6.29. The molecule has 2 N–H and O–H groups in total. The summed E-state index contributed by atoms with van der Waals surface area (Å²) < 4.78 is 40.8. The maximum absolute atomic E-state index is 14.3. The summed E-state index contributed by atoms with van der Waals surface area (Å²) >= 11 is 0. The molecular formula is C20H24FN3O4S. The van der Waals surface area contributed by atoms with Crippen LogP contribution in [0.5, 0.6) is 0 Å². The molecule has 0 saturated carbocycles. The van der Waals surface area contributed by atoms with E-state index in [9.17, 15) is 22.4 Å². The number of nitrogens with one attached hydrogen (secondary N) is 2. The minimum absolute atomic E-state index is 0.153. The molecule has 2 amide bonds. The molecule has 0 saturated heterocycles. The molecule has 0 unspecified atom stereocenters. The molecule has 0 spiro atoms. The quantitative estimate of drug-likeness (QED) is 0.719. The number of hydrogen-bond acceptors (Lipinski definition) is 4. The van der Waals surface area contributed by atoms with Crippen molar-refractivity contribution in [3.63, 3.8) is 0 Å². The molecule has 0 heterocycles. The Bertz CT molecular complexity index is 1030. The molecule has 0 aromatic heterocycles. The van der Waals surface area contributed by atoms with E-state index in [4.69, 9.17) is 0 Å². The first-order valence-corrected chi connectivity index (χ1v) is 10.5. The molecule has 2 aromatic carbocycles. The number of halogens is 1. The molecule has 0 atom stereocenters. The van der Waals surface area contributed by atoms with Crippen LogP contribution in [-0.4, -0.2) is 44.7 Å². The third-order valence-electron chi connectivity index (χ3n) is 4.49. The summed E-state index contributed by atoms with van der Waals surface area (Å²) in [6, 6.07) is 7.79. The maximum atomic E-state index is 14.3. The summed E-state index contributed by atoms with van der Waals surface area (Å²) in [6.45, 7) is 5.61. The Morgan fingerprint density at radius 2 is 1.69 bits per heavy atom. The summed E-state index contributed by atoms with van der Waals surface area (Å²) in [6.07, 6.45) is 0. The van der Waals surface area contributed by atoms with Gasteiger partial charge in [-0.25, -0.2) is 12.8 Å². The van der Waals surface area contributed by atoms with E-state index in [1.165, 1.54) is 23.5 Å². The van der Waals surface area contributed by atoms with Crippen molar-refractivity contribution in [3.05, 3.63) is 58.9 Å². The zero-order chi connectivity index (χ0) is 21.8. The van der Waals surface area contributed by atoms with Crippen LogP contribution in [-0.2, 0) is 10.0 Å². The Labute approximate surface area is 170 Å². The highest BCUT2D eigenvalue weighted by Crippen LogP contribution is 2.22. The van der Waals surface area contributed by atoms with E-state index < -0.39 is 21.7 Å². The molecule has 0 fully saturated rings. The Morgan fingerprint density at radius 3 is 2.24 bits per heavy atom. The molecule has 2 aromatic rings. The van der Waals surface area contributed by atoms with Crippen molar-refractivity contribution in [2.75, 3.05) is 25.5 Å². The molecule has 0 aliphatic carbocycles. The zero-order valence-electron chi connectivity index (χ0n) is 16.7. The molecule has 156 valence electrons. The van der Waals surface area contributed by atoms with Gasteiger partial charge in [0.15, 0.2) is 0 Å². The molecule has 29 heavy (non-hydrogen) atoms. The standard InChI is InChI=1S/C20H24FN3O4S/c1-5-24(6-2)29(27,28)15-8-9-17(21)16(12-15)20(26)23-18-10-7-14(11-13(18)3)19(25)22-4/h7-12H,5-6H2,1-4H3,(H,22,25)(H,23,26). The van der Waals surface area contributed by atoms with Crippen LogP contribution in [0, 0.1) is 12.7 Å². The summed E-state index contributed by atoms with van der Waals surface area (Å²) in [5, 5.41) is 5.07. The number of benzene rings is 2. The average Bonchev–Trinajstić information content (AvgIpc) is 2.69. The molecule has 0 aliphatic rings. The summed E-state index contributed by atoms with van der Waals surface area (Å²) in [5.41, 5.74) is 1.03. The Morgan fingerprint density at radius 1 is 1.03 bits per heavy atom. The first-order chi connectivity index (χ1) is 13.6. The van der Waals surface area contributed by atoms with Crippen LogP contribution in [0.4, 0.5) is 10.1 Å². The predicted octanol–water partition coefficient (Wildman–Crippen LogP) is 2.78. The van der Waals surface area contributed by atoms with Gasteiger partial charge in [-0.1, -0.05) is 13.8 Å². The topological polar surface area (TPSA) is 95.6 Å². The van der Waals surface area contributed by atoms with E-state index in [2.05, 4.69) is 10.6 Å². The first kappa shape index (κ1) is 22.5. The van der Waals surface area contributed by atoms with Crippen molar-refractivity contribution in [3.8, 4) is 0 Å². The molecule has 7 nitrogen and oxygen atoms in total. The van der Waals surface area contributed by atoms with Crippen LogP contribution in [0.3, 0.4) is 0 Å². The minimum atomic E-state index is -3.83. The van der Waals surface area contributed by atoms with Crippen molar-refractivity contribution in [2.24, 2.45) is 0 Å². The lowest BCUT2D eigenvalue weighted by Gasteiger charge is -2.19. The van der Waals surface area contributed by atoms with Crippen LogP contribution in [0.2, 0.25) is 0 Å². The van der Waals surface area contributed by atoms with Gasteiger partial charge in [0.1, 0.15) is 5.82 Å².